The summed E-state index contributed by atoms with van der Waals surface area (Å²) in [5.41, 5.74) is 1.01. The Labute approximate surface area is 108 Å². The lowest BCUT2D eigenvalue weighted by Crippen LogP contribution is -2.34. The number of benzene rings is 1. The summed E-state index contributed by atoms with van der Waals surface area (Å²) < 4.78 is 12.7. The second-order valence-corrected chi connectivity index (χ2v) is 4.87. The fraction of sp³-hybridized carbons (Fsp3) is 0.467. The predicted octanol–water partition coefficient (Wildman–Crippen LogP) is 2.73. The van der Waals surface area contributed by atoms with Gasteiger partial charge in [0, 0.05) is 12.6 Å². The number of rotatable bonds is 4. The minimum atomic E-state index is -0.203. The van der Waals surface area contributed by atoms with Gasteiger partial charge in [-0.05, 0) is 43.4 Å². The van der Waals surface area contributed by atoms with Crippen molar-refractivity contribution in [3.8, 4) is 0 Å². The van der Waals surface area contributed by atoms with E-state index in [-0.39, 0.29) is 11.9 Å². The number of halogens is 1. The molecule has 2 rings (SSSR count). The molecule has 2 nitrogen and oxygen atoms in total. The monoisotopic (exact) mass is 249 g/mol. The van der Waals surface area contributed by atoms with Crippen molar-refractivity contribution in [1.82, 2.24) is 5.32 Å². The fourth-order valence-corrected chi connectivity index (χ4v) is 2.28. The van der Waals surface area contributed by atoms with Gasteiger partial charge >= 0.3 is 0 Å². The summed E-state index contributed by atoms with van der Waals surface area (Å²) in [6, 6.07) is 6.99. The normalized spacial score (nSPS) is 24.6. The van der Waals surface area contributed by atoms with E-state index in [1.54, 1.807) is 12.1 Å². The van der Waals surface area contributed by atoms with Gasteiger partial charge in [0.1, 0.15) is 5.82 Å². The molecule has 0 radical (unpaired) electrons. The fourth-order valence-electron chi connectivity index (χ4n) is 2.28. The first kappa shape index (κ1) is 13.2. The molecule has 0 spiro atoms. The molecular formula is C15H20FNO. The second kappa shape index (κ2) is 6.66. The van der Waals surface area contributed by atoms with E-state index in [0.29, 0.717) is 6.04 Å². The second-order valence-electron chi connectivity index (χ2n) is 4.87. The van der Waals surface area contributed by atoms with Crippen LogP contribution >= 0.6 is 0 Å². The Kier molecular flexibility index (Phi) is 4.90. The van der Waals surface area contributed by atoms with Crippen LogP contribution in [0.15, 0.2) is 30.3 Å². The Morgan fingerprint density at radius 2 is 1.83 bits per heavy atom. The standard InChI is InChI=1S/C15H20FNO/c16-13-5-3-12(4-6-13)2-1-11-17-14-7-9-15(18)10-8-14/h1-6,14-15,17-18H,7-11H2/b2-1+. The Morgan fingerprint density at radius 3 is 2.50 bits per heavy atom. The molecule has 1 aliphatic carbocycles. The molecule has 0 bridgehead atoms. The average Bonchev–Trinajstić information content (AvgIpc) is 2.39. The van der Waals surface area contributed by atoms with Crippen LogP contribution in [0.1, 0.15) is 31.2 Å². The van der Waals surface area contributed by atoms with E-state index in [0.717, 1.165) is 37.8 Å². The highest BCUT2D eigenvalue weighted by atomic mass is 19.1. The molecule has 18 heavy (non-hydrogen) atoms. The van der Waals surface area contributed by atoms with Crippen LogP contribution in [0.3, 0.4) is 0 Å². The first-order valence-corrected chi connectivity index (χ1v) is 6.57. The van der Waals surface area contributed by atoms with E-state index >= 15 is 0 Å². The van der Waals surface area contributed by atoms with Crippen molar-refractivity contribution in [3.05, 3.63) is 41.7 Å². The lowest BCUT2D eigenvalue weighted by Gasteiger charge is -2.25. The lowest BCUT2D eigenvalue weighted by molar-refractivity contribution is 0.117. The molecule has 0 amide bonds. The highest BCUT2D eigenvalue weighted by molar-refractivity contribution is 5.48. The quantitative estimate of drug-likeness (QED) is 0.860. The van der Waals surface area contributed by atoms with Crippen LogP contribution in [-0.4, -0.2) is 23.8 Å². The Bertz CT molecular complexity index is 380. The van der Waals surface area contributed by atoms with Gasteiger partial charge < -0.3 is 10.4 Å². The molecule has 98 valence electrons. The summed E-state index contributed by atoms with van der Waals surface area (Å²) >= 11 is 0. The van der Waals surface area contributed by atoms with Crippen LogP contribution in [0.2, 0.25) is 0 Å². The average molecular weight is 249 g/mol. The molecule has 0 atom stereocenters. The van der Waals surface area contributed by atoms with Crippen molar-refractivity contribution in [2.75, 3.05) is 6.54 Å². The van der Waals surface area contributed by atoms with E-state index in [9.17, 15) is 9.50 Å². The zero-order valence-electron chi connectivity index (χ0n) is 10.5. The van der Waals surface area contributed by atoms with Gasteiger partial charge in [-0.2, -0.15) is 0 Å². The van der Waals surface area contributed by atoms with Crippen molar-refractivity contribution >= 4 is 6.08 Å². The van der Waals surface area contributed by atoms with E-state index in [1.807, 2.05) is 6.08 Å². The third-order valence-corrected chi connectivity index (χ3v) is 3.40. The van der Waals surface area contributed by atoms with Gasteiger partial charge in [-0.1, -0.05) is 24.3 Å². The van der Waals surface area contributed by atoms with Crippen LogP contribution in [0.25, 0.3) is 6.08 Å². The summed E-state index contributed by atoms with van der Waals surface area (Å²) in [4.78, 5) is 0. The Morgan fingerprint density at radius 1 is 1.17 bits per heavy atom. The smallest absolute Gasteiger partial charge is 0.123 e. The molecule has 0 unspecified atom stereocenters. The molecule has 0 heterocycles. The van der Waals surface area contributed by atoms with Gasteiger partial charge in [-0.25, -0.2) is 4.39 Å². The summed E-state index contributed by atoms with van der Waals surface area (Å²) in [6.07, 6.45) is 7.84. The first-order chi connectivity index (χ1) is 8.74. The number of nitrogens with one attached hydrogen (secondary N) is 1. The van der Waals surface area contributed by atoms with Gasteiger partial charge in [0.2, 0.25) is 0 Å². The zero-order valence-corrected chi connectivity index (χ0v) is 10.5. The molecule has 1 aromatic carbocycles. The van der Waals surface area contributed by atoms with Gasteiger partial charge in [0.05, 0.1) is 6.10 Å². The molecule has 0 saturated heterocycles. The maximum atomic E-state index is 12.7. The lowest BCUT2D eigenvalue weighted by atomic mass is 9.93. The summed E-state index contributed by atoms with van der Waals surface area (Å²) in [6.45, 7) is 0.818. The molecule has 2 N–H and O–H groups in total. The maximum Gasteiger partial charge on any atom is 0.123 e. The largest absolute Gasteiger partial charge is 0.393 e. The number of hydrogen-bond donors (Lipinski definition) is 2. The van der Waals surface area contributed by atoms with E-state index in [2.05, 4.69) is 11.4 Å². The van der Waals surface area contributed by atoms with E-state index in [1.165, 1.54) is 12.1 Å². The van der Waals surface area contributed by atoms with Crippen molar-refractivity contribution in [2.45, 2.75) is 37.8 Å². The summed E-state index contributed by atoms with van der Waals surface area (Å²) in [5.74, 6) is -0.203. The van der Waals surface area contributed by atoms with E-state index in [4.69, 9.17) is 0 Å². The number of aliphatic hydroxyl groups excluding tert-OH is 1. The zero-order chi connectivity index (χ0) is 12.8. The molecular weight excluding hydrogens is 229 g/mol. The highest BCUT2D eigenvalue weighted by Crippen LogP contribution is 2.18. The molecule has 0 aliphatic heterocycles. The SMILES string of the molecule is OC1CCC(NC/C=C/c2ccc(F)cc2)CC1. The van der Waals surface area contributed by atoms with Gasteiger partial charge in [0.15, 0.2) is 0 Å². The van der Waals surface area contributed by atoms with Crippen LogP contribution in [-0.2, 0) is 0 Å². The van der Waals surface area contributed by atoms with Crippen molar-refractivity contribution in [1.29, 1.82) is 0 Å². The van der Waals surface area contributed by atoms with Crippen LogP contribution in [0.5, 0.6) is 0 Å². The van der Waals surface area contributed by atoms with Crippen molar-refractivity contribution in [3.63, 3.8) is 0 Å². The van der Waals surface area contributed by atoms with Gasteiger partial charge in [-0.15, -0.1) is 0 Å². The molecule has 1 saturated carbocycles. The van der Waals surface area contributed by atoms with Crippen LogP contribution in [0.4, 0.5) is 4.39 Å². The van der Waals surface area contributed by atoms with Crippen LogP contribution < -0.4 is 5.32 Å². The molecule has 1 aliphatic rings. The van der Waals surface area contributed by atoms with Gasteiger partial charge in [0.25, 0.3) is 0 Å². The van der Waals surface area contributed by atoms with E-state index < -0.39 is 0 Å². The number of aliphatic hydroxyl groups is 1. The molecule has 3 heteroatoms. The first-order valence-electron chi connectivity index (χ1n) is 6.57. The minimum absolute atomic E-state index is 0.0993. The molecule has 1 fully saturated rings. The van der Waals surface area contributed by atoms with Gasteiger partial charge in [-0.3, -0.25) is 0 Å². The maximum absolute atomic E-state index is 12.7. The topological polar surface area (TPSA) is 32.3 Å². The molecule has 1 aromatic rings. The number of hydrogen-bond acceptors (Lipinski definition) is 2. The van der Waals surface area contributed by atoms with Crippen LogP contribution in [0, 0.1) is 5.82 Å². The Hall–Kier alpha value is -1.19. The minimum Gasteiger partial charge on any atom is -0.393 e. The van der Waals surface area contributed by atoms with Crippen molar-refractivity contribution < 1.29 is 9.50 Å². The predicted molar refractivity (Wildman–Crippen MR) is 71.7 cm³/mol. The Balaban J connectivity index is 1.70. The molecule has 0 aromatic heterocycles. The third-order valence-electron chi connectivity index (χ3n) is 3.40. The summed E-state index contributed by atoms with van der Waals surface area (Å²) in [7, 11) is 0. The third kappa shape index (κ3) is 4.24. The van der Waals surface area contributed by atoms with Crippen molar-refractivity contribution in [2.24, 2.45) is 0 Å². The summed E-state index contributed by atoms with van der Waals surface area (Å²) in [5, 5.41) is 12.8. The highest BCUT2D eigenvalue weighted by Gasteiger charge is 2.17.